The minimum atomic E-state index is -0.290. The van der Waals surface area contributed by atoms with Gasteiger partial charge in [0.1, 0.15) is 5.82 Å². The average molecular weight is 258 g/mol. The molecule has 0 bridgehead atoms. The highest BCUT2D eigenvalue weighted by Crippen LogP contribution is 2.27. The predicted molar refractivity (Wildman–Crippen MR) is 70.2 cm³/mol. The Morgan fingerprint density at radius 3 is 2.95 bits per heavy atom. The van der Waals surface area contributed by atoms with E-state index in [1.165, 1.54) is 12.1 Å². The molecule has 2 aromatic rings. The maximum absolute atomic E-state index is 13.3. The summed E-state index contributed by atoms with van der Waals surface area (Å²) in [4.78, 5) is 12.0. The minimum Gasteiger partial charge on any atom is -0.294 e. The van der Waals surface area contributed by atoms with E-state index < -0.39 is 0 Å². The average Bonchev–Trinajstić information content (AvgIpc) is 2.79. The third-order valence-electron chi connectivity index (χ3n) is 3.54. The summed E-state index contributed by atoms with van der Waals surface area (Å²) < 4.78 is 15.1. The van der Waals surface area contributed by atoms with Gasteiger partial charge in [0.25, 0.3) is 0 Å². The number of carbonyl (C=O) groups is 1. The molecule has 98 valence electrons. The number of ketones is 1. The summed E-state index contributed by atoms with van der Waals surface area (Å²) in [6.07, 6.45) is 2.98. The van der Waals surface area contributed by atoms with E-state index >= 15 is 0 Å². The lowest BCUT2D eigenvalue weighted by Gasteiger charge is -2.13. The fourth-order valence-corrected chi connectivity index (χ4v) is 2.67. The third-order valence-corrected chi connectivity index (χ3v) is 3.54. The number of hydrogen-bond acceptors (Lipinski definition) is 2. The molecule has 1 heterocycles. The smallest absolute Gasteiger partial charge is 0.166 e. The lowest BCUT2D eigenvalue weighted by atomic mass is 9.93. The Morgan fingerprint density at radius 2 is 2.21 bits per heavy atom. The monoisotopic (exact) mass is 258 g/mol. The lowest BCUT2D eigenvalue weighted by Crippen LogP contribution is -2.13. The van der Waals surface area contributed by atoms with Crippen molar-refractivity contribution in [2.24, 2.45) is 0 Å². The number of nitrogens with zero attached hydrogens (tertiary/aromatic N) is 2. The van der Waals surface area contributed by atoms with Crippen molar-refractivity contribution in [2.45, 2.75) is 32.6 Å². The number of benzene rings is 1. The molecule has 0 atom stereocenters. The van der Waals surface area contributed by atoms with Crippen LogP contribution in [0.3, 0.4) is 0 Å². The quantitative estimate of drug-likeness (QED) is 0.829. The van der Waals surface area contributed by atoms with Gasteiger partial charge in [0.05, 0.1) is 22.6 Å². The molecule has 0 fully saturated rings. The fourth-order valence-electron chi connectivity index (χ4n) is 2.67. The van der Waals surface area contributed by atoms with Crippen molar-refractivity contribution in [3.05, 3.63) is 47.0 Å². The first-order chi connectivity index (χ1) is 9.20. The zero-order valence-electron chi connectivity index (χ0n) is 10.8. The normalized spacial score (nSPS) is 14.5. The number of halogens is 1. The van der Waals surface area contributed by atoms with Gasteiger partial charge in [-0.1, -0.05) is 13.0 Å². The van der Waals surface area contributed by atoms with Crippen molar-refractivity contribution in [2.75, 3.05) is 0 Å². The lowest BCUT2D eigenvalue weighted by molar-refractivity contribution is 0.0971. The molecule has 1 aromatic carbocycles. The summed E-state index contributed by atoms with van der Waals surface area (Å²) in [5, 5.41) is 4.50. The highest BCUT2D eigenvalue weighted by Gasteiger charge is 2.26. The van der Waals surface area contributed by atoms with Crippen LogP contribution in [0.15, 0.2) is 24.3 Å². The van der Waals surface area contributed by atoms with Crippen LogP contribution in [0.2, 0.25) is 0 Å². The van der Waals surface area contributed by atoms with Gasteiger partial charge >= 0.3 is 0 Å². The topological polar surface area (TPSA) is 34.9 Å². The van der Waals surface area contributed by atoms with Gasteiger partial charge in [-0.15, -0.1) is 0 Å². The van der Waals surface area contributed by atoms with Crippen molar-refractivity contribution < 1.29 is 9.18 Å². The Morgan fingerprint density at radius 1 is 1.37 bits per heavy atom. The Labute approximate surface area is 111 Å². The second-order valence-corrected chi connectivity index (χ2v) is 4.79. The van der Waals surface area contributed by atoms with E-state index in [1.54, 1.807) is 10.7 Å². The minimum absolute atomic E-state index is 0.167. The highest BCUT2D eigenvalue weighted by atomic mass is 19.1. The van der Waals surface area contributed by atoms with Crippen molar-refractivity contribution in [1.82, 2.24) is 9.78 Å². The first-order valence-corrected chi connectivity index (χ1v) is 6.60. The zero-order valence-corrected chi connectivity index (χ0v) is 10.8. The Balaban J connectivity index is 2.20. The molecule has 0 saturated carbocycles. The Kier molecular flexibility index (Phi) is 2.93. The van der Waals surface area contributed by atoms with Gasteiger partial charge in [-0.25, -0.2) is 9.07 Å². The second kappa shape index (κ2) is 4.61. The molecule has 1 aliphatic carbocycles. The van der Waals surface area contributed by atoms with E-state index in [2.05, 4.69) is 5.10 Å². The van der Waals surface area contributed by atoms with Crippen LogP contribution in [0, 0.1) is 5.82 Å². The van der Waals surface area contributed by atoms with Crippen molar-refractivity contribution in [3.63, 3.8) is 0 Å². The number of hydrogen-bond donors (Lipinski definition) is 0. The van der Waals surface area contributed by atoms with Crippen LogP contribution < -0.4 is 0 Å². The van der Waals surface area contributed by atoms with E-state index in [-0.39, 0.29) is 11.6 Å². The standard InChI is InChI=1S/C15H15FN2O/c1-2-12-15-13(7-4-8-14(15)19)18(17-12)11-6-3-5-10(16)9-11/h3,5-6,9H,2,4,7-8H2,1H3. The molecule has 1 aromatic heterocycles. The molecular weight excluding hydrogens is 243 g/mol. The molecule has 3 nitrogen and oxygen atoms in total. The number of Topliss-reactive ketones (excluding diaryl/α,β-unsaturated/α-hetero) is 1. The Bertz CT molecular complexity index is 646. The summed E-state index contributed by atoms with van der Waals surface area (Å²) >= 11 is 0. The molecule has 0 aliphatic heterocycles. The fraction of sp³-hybridized carbons (Fsp3) is 0.333. The maximum Gasteiger partial charge on any atom is 0.166 e. The van der Waals surface area contributed by atoms with E-state index in [0.29, 0.717) is 12.1 Å². The molecule has 0 spiro atoms. The van der Waals surface area contributed by atoms with Crippen LogP contribution in [0.25, 0.3) is 5.69 Å². The number of aryl methyl sites for hydroxylation is 1. The summed E-state index contributed by atoms with van der Waals surface area (Å²) in [6, 6.07) is 6.33. The molecule has 0 unspecified atom stereocenters. The molecule has 3 rings (SSSR count). The molecule has 0 N–H and O–H groups in total. The van der Waals surface area contributed by atoms with Gasteiger partial charge in [0.2, 0.25) is 0 Å². The van der Waals surface area contributed by atoms with Gasteiger partial charge in [0, 0.05) is 6.42 Å². The first-order valence-electron chi connectivity index (χ1n) is 6.60. The summed E-state index contributed by atoms with van der Waals surface area (Å²) in [5.74, 6) is -0.123. The number of aromatic nitrogens is 2. The van der Waals surface area contributed by atoms with Crippen LogP contribution in [0.1, 0.15) is 41.5 Å². The van der Waals surface area contributed by atoms with Crippen molar-refractivity contribution in [1.29, 1.82) is 0 Å². The summed E-state index contributed by atoms with van der Waals surface area (Å²) in [5.41, 5.74) is 3.20. The molecular formula is C15H15FN2O. The summed E-state index contributed by atoms with van der Waals surface area (Å²) in [6.45, 7) is 1.99. The summed E-state index contributed by atoms with van der Waals surface area (Å²) in [7, 11) is 0. The van der Waals surface area contributed by atoms with Gasteiger partial charge in [0.15, 0.2) is 5.78 Å². The number of rotatable bonds is 2. The SMILES string of the molecule is CCc1nn(-c2cccc(F)c2)c2c1C(=O)CCC2. The predicted octanol–water partition coefficient (Wildman–Crippen LogP) is 3.09. The van der Waals surface area contributed by atoms with Crippen LogP contribution >= 0.6 is 0 Å². The largest absolute Gasteiger partial charge is 0.294 e. The first kappa shape index (κ1) is 12.1. The molecule has 1 aliphatic rings. The van der Waals surface area contributed by atoms with Crippen molar-refractivity contribution in [3.8, 4) is 5.69 Å². The van der Waals surface area contributed by atoms with Crippen LogP contribution in [0.5, 0.6) is 0 Å². The van der Waals surface area contributed by atoms with Crippen LogP contribution in [0.4, 0.5) is 4.39 Å². The van der Waals surface area contributed by atoms with Gasteiger partial charge in [-0.3, -0.25) is 4.79 Å². The Hall–Kier alpha value is -1.97. The van der Waals surface area contributed by atoms with Gasteiger partial charge < -0.3 is 0 Å². The number of fused-ring (bicyclic) bond motifs is 1. The molecule has 0 amide bonds. The van der Waals surface area contributed by atoms with Gasteiger partial charge in [-0.2, -0.15) is 5.10 Å². The van der Waals surface area contributed by atoms with Crippen molar-refractivity contribution >= 4 is 5.78 Å². The van der Waals surface area contributed by atoms with E-state index in [4.69, 9.17) is 0 Å². The third kappa shape index (κ3) is 1.97. The van der Waals surface area contributed by atoms with Crippen LogP contribution in [-0.4, -0.2) is 15.6 Å². The van der Waals surface area contributed by atoms with E-state index in [1.807, 2.05) is 13.0 Å². The van der Waals surface area contributed by atoms with Crippen LogP contribution in [-0.2, 0) is 12.8 Å². The maximum atomic E-state index is 13.3. The molecule has 4 heteroatoms. The highest BCUT2D eigenvalue weighted by molar-refractivity contribution is 5.99. The zero-order chi connectivity index (χ0) is 13.4. The number of carbonyl (C=O) groups excluding carboxylic acids is 1. The molecule has 0 radical (unpaired) electrons. The molecule has 19 heavy (non-hydrogen) atoms. The molecule has 0 saturated heterocycles. The second-order valence-electron chi connectivity index (χ2n) is 4.79. The van der Waals surface area contributed by atoms with E-state index in [0.717, 1.165) is 36.2 Å². The van der Waals surface area contributed by atoms with Gasteiger partial charge in [-0.05, 0) is 37.5 Å². The van der Waals surface area contributed by atoms with E-state index in [9.17, 15) is 9.18 Å².